The molecule has 22 heavy (non-hydrogen) atoms. The highest BCUT2D eigenvalue weighted by atomic mass is 79.9. The molecule has 0 spiro atoms. The van der Waals surface area contributed by atoms with Gasteiger partial charge in [0, 0.05) is 16.9 Å². The lowest BCUT2D eigenvalue weighted by Gasteiger charge is -2.15. The van der Waals surface area contributed by atoms with Crippen LogP contribution in [0.4, 0.5) is 0 Å². The van der Waals surface area contributed by atoms with Gasteiger partial charge in [-0.05, 0) is 54.9 Å². The van der Waals surface area contributed by atoms with Gasteiger partial charge in [0.15, 0.2) is 0 Å². The van der Waals surface area contributed by atoms with Crippen LogP contribution in [0.3, 0.4) is 0 Å². The average molecular weight is 366 g/mol. The molecule has 2 N–H and O–H groups in total. The summed E-state index contributed by atoms with van der Waals surface area (Å²) in [4.78, 5) is 10.4. The summed E-state index contributed by atoms with van der Waals surface area (Å²) in [7, 11) is 0. The second-order valence-corrected chi connectivity index (χ2v) is 6.23. The van der Waals surface area contributed by atoms with E-state index in [-0.39, 0.29) is 12.5 Å². The van der Waals surface area contributed by atoms with Crippen LogP contribution in [0.5, 0.6) is 5.75 Å². The summed E-state index contributed by atoms with van der Waals surface area (Å²) in [6, 6.07) is 12.4. The molecule has 2 rings (SSSR count). The summed E-state index contributed by atoms with van der Waals surface area (Å²) in [5, 5.41) is 14.1. The van der Waals surface area contributed by atoms with Crippen LogP contribution in [-0.4, -0.2) is 30.3 Å². The molecule has 0 heterocycles. The molecular formula is C17H20BrNO3. The first-order valence-electron chi connectivity index (χ1n) is 7.32. The van der Waals surface area contributed by atoms with E-state index in [1.54, 1.807) is 0 Å². The summed E-state index contributed by atoms with van der Waals surface area (Å²) in [5.41, 5.74) is 0. The van der Waals surface area contributed by atoms with Gasteiger partial charge in [0.1, 0.15) is 12.4 Å². The van der Waals surface area contributed by atoms with E-state index in [9.17, 15) is 4.79 Å². The molecule has 1 unspecified atom stereocenters. The Morgan fingerprint density at radius 3 is 2.77 bits per heavy atom. The second-order valence-electron chi connectivity index (χ2n) is 5.32. The number of halogens is 1. The Balaban J connectivity index is 1.81. The molecule has 0 aliphatic heterocycles. The quantitative estimate of drug-likeness (QED) is 0.698. The molecule has 0 radical (unpaired) electrons. The molecule has 0 aromatic heterocycles. The molecule has 2 aromatic carbocycles. The standard InChI is InChI=1S/C17H20BrNO3/c1-12(19-8-2-3-17(20)21)11-22-16-7-5-13-9-15(18)6-4-14(13)10-16/h4-7,9-10,12,19H,2-3,8,11H2,1H3,(H,20,21). The maximum Gasteiger partial charge on any atom is 0.303 e. The van der Waals surface area contributed by atoms with Crippen molar-refractivity contribution in [2.45, 2.75) is 25.8 Å². The van der Waals surface area contributed by atoms with E-state index in [1.165, 1.54) is 5.39 Å². The minimum absolute atomic E-state index is 0.175. The molecule has 0 saturated carbocycles. The molecule has 5 heteroatoms. The van der Waals surface area contributed by atoms with Crippen molar-refractivity contribution in [2.75, 3.05) is 13.2 Å². The minimum Gasteiger partial charge on any atom is -0.492 e. The third-order valence-electron chi connectivity index (χ3n) is 3.33. The van der Waals surface area contributed by atoms with Gasteiger partial charge < -0.3 is 15.2 Å². The predicted molar refractivity (Wildman–Crippen MR) is 91.5 cm³/mol. The number of benzene rings is 2. The molecule has 2 aromatic rings. The molecule has 1 atom stereocenters. The number of aliphatic carboxylic acids is 1. The van der Waals surface area contributed by atoms with Crippen LogP contribution >= 0.6 is 15.9 Å². The first-order valence-corrected chi connectivity index (χ1v) is 8.11. The Kier molecular flexibility index (Phi) is 6.21. The van der Waals surface area contributed by atoms with E-state index in [4.69, 9.17) is 9.84 Å². The highest BCUT2D eigenvalue weighted by molar-refractivity contribution is 9.10. The van der Waals surface area contributed by atoms with Gasteiger partial charge >= 0.3 is 5.97 Å². The van der Waals surface area contributed by atoms with Gasteiger partial charge in [-0.2, -0.15) is 0 Å². The Bertz CT molecular complexity index is 645. The maximum absolute atomic E-state index is 10.4. The highest BCUT2D eigenvalue weighted by Crippen LogP contribution is 2.24. The van der Waals surface area contributed by atoms with Crippen molar-refractivity contribution in [1.82, 2.24) is 5.32 Å². The van der Waals surface area contributed by atoms with Crippen molar-refractivity contribution in [3.05, 3.63) is 40.9 Å². The van der Waals surface area contributed by atoms with Crippen LogP contribution in [0.1, 0.15) is 19.8 Å². The average Bonchev–Trinajstić information content (AvgIpc) is 2.49. The van der Waals surface area contributed by atoms with Gasteiger partial charge in [0.2, 0.25) is 0 Å². The van der Waals surface area contributed by atoms with Gasteiger partial charge in [0.25, 0.3) is 0 Å². The van der Waals surface area contributed by atoms with Crippen molar-refractivity contribution >= 4 is 32.7 Å². The predicted octanol–water partition coefficient (Wildman–Crippen LogP) is 3.82. The van der Waals surface area contributed by atoms with E-state index in [2.05, 4.69) is 33.4 Å². The highest BCUT2D eigenvalue weighted by Gasteiger charge is 2.04. The molecule has 0 aliphatic rings. The zero-order valence-corrected chi connectivity index (χ0v) is 14.1. The zero-order chi connectivity index (χ0) is 15.9. The van der Waals surface area contributed by atoms with E-state index < -0.39 is 5.97 Å². The maximum atomic E-state index is 10.4. The van der Waals surface area contributed by atoms with Crippen LogP contribution < -0.4 is 10.1 Å². The topological polar surface area (TPSA) is 58.6 Å². The number of carboxylic acids is 1. The number of hydrogen-bond acceptors (Lipinski definition) is 3. The van der Waals surface area contributed by atoms with Gasteiger partial charge in [-0.3, -0.25) is 4.79 Å². The Hall–Kier alpha value is -1.59. The zero-order valence-electron chi connectivity index (χ0n) is 12.5. The minimum atomic E-state index is -0.756. The summed E-state index contributed by atoms with van der Waals surface area (Å²) in [6.45, 7) is 3.26. The van der Waals surface area contributed by atoms with Crippen molar-refractivity contribution in [3.63, 3.8) is 0 Å². The van der Waals surface area contributed by atoms with Crippen molar-refractivity contribution < 1.29 is 14.6 Å². The molecule has 4 nitrogen and oxygen atoms in total. The van der Waals surface area contributed by atoms with Gasteiger partial charge in [-0.15, -0.1) is 0 Å². The summed E-state index contributed by atoms with van der Waals surface area (Å²) in [5.74, 6) is 0.0857. The number of ether oxygens (including phenoxy) is 1. The SMILES string of the molecule is CC(COc1ccc2cc(Br)ccc2c1)NCCCC(=O)O. The first-order chi connectivity index (χ1) is 10.5. The van der Waals surface area contributed by atoms with E-state index >= 15 is 0 Å². The molecule has 118 valence electrons. The lowest BCUT2D eigenvalue weighted by molar-refractivity contribution is -0.137. The second kappa shape index (κ2) is 8.15. The fraction of sp³-hybridized carbons (Fsp3) is 0.353. The molecule has 0 saturated heterocycles. The molecule has 0 amide bonds. The normalized spacial score (nSPS) is 12.3. The van der Waals surface area contributed by atoms with Crippen LogP contribution in [0, 0.1) is 0 Å². The Labute approximate surface area is 138 Å². The number of carboxylic acid groups (broad SMARTS) is 1. The first kappa shape index (κ1) is 16.8. The fourth-order valence-corrected chi connectivity index (χ4v) is 2.53. The van der Waals surface area contributed by atoms with Gasteiger partial charge in [-0.1, -0.05) is 28.1 Å². The lowest BCUT2D eigenvalue weighted by atomic mass is 10.1. The van der Waals surface area contributed by atoms with Crippen LogP contribution in [0.15, 0.2) is 40.9 Å². The van der Waals surface area contributed by atoms with Gasteiger partial charge in [0.05, 0.1) is 0 Å². The van der Waals surface area contributed by atoms with Crippen LogP contribution in [-0.2, 0) is 4.79 Å². The Morgan fingerprint density at radius 2 is 2.00 bits per heavy atom. The molecule has 0 aliphatic carbocycles. The summed E-state index contributed by atoms with van der Waals surface area (Å²) >= 11 is 3.46. The van der Waals surface area contributed by atoms with E-state index in [1.807, 2.05) is 31.2 Å². The Morgan fingerprint density at radius 1 is 1.27 bits per heavy atom. The fourth-order valence-electron chi connectivity index (χ4n) is 2.15. The van der Waals surface area contributed by atoms with Crippen LogP contribution in [0.2, 0.25) is 0 Å². The smallest absolute Gasteiger partial charge is 0.303 e. The van der Waals surface area contributed by atoms with Crippen molar-refractivity contribution in [1.29, 1.82) is 0 Å². The molecular weight excluding hydrogens is 346 g/mol. The number of hydrogen-bond donors (Lipinski definition) is 2. The number of carbonyl (C=O) groups is 1. The number of fused-ring (bicyclic) bond motifs is 1. The summed E-state index contributed by atoms with van der Waals surface area (Å²) in [6.07, 6.45) is 0.825. The number of rotatable bonds is 8. The molecule has 0 fully saturated rings. The van der Waals surface area contributed by atoms with Gasteiger partial charge in [-0.25, -0.2) is 0 Å². The monoisotopic (exact) mass is 365 g/mol. The summed E-state index contributed by atoms with van der Waals surface area (Å²) < 4.78 is 6.86. The van der Waals surface area contributed by atoms with E-state index in [0.29, 0.717) is 19.6 Å². The van der Waals surface area contributed by atoms with Crippen molar-refractivity contribution in [3.8, 4) is 5.75 Å². The van der Waals surface area contributed by atoms with Crippen LogP contribution in [0.25, 0.3) is 10.8 Å². The number of nitrogens with one attached hydrogen (secondary N) is 1. The lowest BCUT2D eigenvalue weighted by Crippen LogP contribution is -2.32. The third-order valence-corrected chi connectivity index (χ3v) is 3.83. The molecule has 0 bridgehead atoms. The largest absolute Gasteiger partial charge is 0.492 e. The van der Waals surface area contributed by atoms with Crippen molar-refractivity contribution in [2.24, 2.45) is 0 Å². The van der Waals surface area contributed by atoms with E-state index in [0.717, 1.165) is 15.6 Å². The third kappa shape index (κ3) is 5.31.